The Morgan fingerprint density at radius 2 is 1.93 bits per heavy atom. The lowest BCUT2D eigenvalue weighted by Gasteiger charge is -2.10. The van der Waals surface area contributed by atoms with Gasteiger partial charge in [0.15, 0.2) is 0 Å². The number of carbonyl (C=O) groups excluding carboxylic acids is 1. The molecule has 0 radical (unpaired) electrons. The van der Waals surface area contributed by atoms with Crippen molar-refractivity contribution in [2.75, 3.05) is 0 Å². The van der Waals surface area contributed by atoms with Gasteiger partial charge in [-0.2, -0.15) is 13.2 Å². The van der Waals surface area contributed by atoms with Crippen LogP contribution in [0.15, 0.2) is 18.2 Å². The molecular weight excluding hydrogens is 219 g/mol. The second kappa shape index (κ2) is 3.49. The largest absolute Gasteiger partial charge is 0.417 e. The van der Waals surface area contributed by atoms with E-state index >= 15 is 0 Å². The number of carbonyl (C=O) groups is 1. The number of benzene rings is 1. The zero-order valence-corrected chi connectivity index (χ0v) is 7.49. The van der Waals surface area contributed by atoms with Crippen LogP contribution in [-0.4, -0.2) is 5.91 Å². The summed E-state index contributed by atoms with van der Waals surface area (Å²) in [7, 11) is 0. The van der Waals surface area contributed by atoms with Gasteiger partial charge in [-0.05, 0) is 18.2 Å². The van der Waals surface area contributed by atoms with E-state index in [1.165, 1.54) is 6.07 Å². The molecule has 0 aliphatic carbocycles. The molecule has 0 saturated carbocycles. The van der Waals surface area contributed by atoms with E-state index in [1.807, 2.05) is 0 Å². The number of rotatable bonds is 1. The first-order chi connectivity index (χ1) is 6.32. The van der Waals surface area contributed by atoms with Gasteiger partial charge in [0.2, 0.25) is 5.91 Å². The zero-order chi connectivity index (χ0) is 10.9. The Labute approximate surface area is 82.5 Å². The Kier molecular flexibility index (Phi) is 2.71. The lowest BCUT2D eigenvalue weighted by atomic mass is 10.1. The molecule has 0 bridgehead atoms. The first-order valence-corrected chi connectivity index (χ1v) is 3.86. The van der Waals surface area contributed by atoms with Crippen molar-refractivity contribution in [3.8, 4) is 0 Å². The molecule has 0 fully saturated rings. The monoisotopic (exact) mass is 223 g/mol. The molecule has 0 atom stereocenters. The summed E-state index contributed by atoms with van der Waals surface area (Å²) in [6.45, 7) is 0. The minimum Gasteiger partial charge on any atom is -0.366 e. The van der Waals surface area contributed by atoms with Crippen molar-refractivity contribution < 1.29 is 18.0 Å². The van der Waals surface area contributed by atoms with Crippen LogP contribution in [0.2, 0.25) is 5.02 Å². The van der Waals surface area contributed by atoms with Crippen LogP contribution in [0.3, 0.4) is 0 Å². The fourth-order valence-electron chi connectivity index (χ4n) is 0.966. The van der Waals surface area contributed by atoms with Crippen LogP contribution in [0.1, 0.15) is 15.9 Å². The van der Waals surface area contributed by atoms with Gasteiger partial charge in [0.05, 0.1) is 11.1 Å². The number of hydrogen-bond donors (Lipinski definition) is 1. The molecule has 1 amide bonds. The maximum Gasteiger partial charge on any atom is 0.417 e. The van der Waals surface area contributed by atoms with Crippen LogP contribution in [-0.2, 0) is 6.18 Å². The number of primary amides is 1. The van der Waals surface area contributed by atoms with Gasteiger partial charge < -0.3 is 5.73 Å². The van der Waals surface area contributed by atoms with Gasteiger partial charge >= 0.3 is 6.18 Å². The van der Waals surface area contributed by atoms with Gasteiger partial charge in [-0.25, -0.2) is 0 Å². The molecule has 0 aliphatic rings. The molecule has 2 nitrogen and oxygen atoms in total. The average molecular weight is 224 g/mol. The van der Waals surface area contributed by atoms with E-state index < -0.39 is 23.2 Å². The predicted octanol–water partition coefficient (Wildman–Crippen LogP) is 2.46. The SMILES string of the molecule is NC(=O)c1ccc(Cl)cc1C(F)(F)F. The zero-order valence-electron chi connectivity index (χ0n) is 6.73. The number of hydrogen-bond acceptors (Lipinski definition) is 1. The molecular formula is C8H5ClF3NO. The van der Waals surface area contributed by atoms with Crippen molar-refractivity contribution in [2.45, 2.75) is 6.18 Å². The van der Waals surface area contributed by atoms with Crippen LogP contribution < -0.4 is 5.73 Å². The number of amides is 1. The van der Waals surface area contributed by atoms with Crippen molar-refractivity contribution in [3.63, 3.8) is 0 Å². The minimum atomic E-state index is -4.63. The van der Waals surface area contributed by atoms with Crippen molar-refractivity contribution >= 4 is 17.5 Å². The summed E-state index contributed by atoms with van der Waals surface area (Å²) in [5.74, 6) is -1.13. The maximum atomic E-state index is 12.3. The Morgan fingerprint density at radius 3 is 2.36 bits per heavy atom. The summed E-state index contributed by atoms with van der Waals surface area (Å²) >= 11 is 5.38. The molecule has 6 heteroatoms. The third-order valence-electron chi connectivity index (χ3n) is 1.55. The van der Waals surface area contributed by atoms with Crippen molar-refractivity contribution in [1.29, 1.82) is 0 Å². The highest BCUT2D eigenvalue weighted by Gasteiger charge is 2.34. The smallest absolute Gasteiger partial charge is 0.366 e. The van der Waals surface area contributed by atoms with Crippen molar-refractivity contribution in [3.05, 3.63) is 34.3 Å². The maximum absolute atomic E-state index is 12.3. The first-order valence-electron chi connectivity index (χ1n) is 3.49. The fraction of sp³-hybridized carbons (Fsp3) is 0.125. The Hall–Kier alpha value is -1.23. The van der Waals surface area contributed by atoms with Crippen LogP contribution in [0, 0.1) is 0 Å². The van der Waals surface area contributed by atoms with Crippen molar-refractivity contribution in [2.24, 2.45) is 5.73 Å². The lowest BCUT2D eigenvalue weighted by molar-refractivity contribution is -0.137. The van der Waals surface area contributed by atoms with E-state index in [-0.39, 0.29) is 5.02 Å². The van der Waals surface area contributed by atoms with Crippen LogP contribution in [0.5, 0.6) is 0 Å². The number of halogens is 4. The van der Waals surface area contributed by atoms with E-state index in [9.17, 15) is 18.0 Å². The minimum absolute atomic E-state index is 0.0951. The molecule has 1 aromatic rings. The quantitative estimate of drug-likeness (QED) is 0.781. The van der Waals surface area contributed by atoms with E-state index in [0.717, 1.165) is 6.07 Å². The molecule has 2 N–H and O–H groups in total. The molecule has 0 heterocycles. The Bertz CT molecular complexity index is 375. The standard InChI is InChI=1S/C8H5ClF3NO/c9-4-1-2-5(7(13)14)6(3-4)8(10,11)12/h1-3H,(H2,13,14). The van der Waals surface area contributed by atoms with Crippen LogP contribution >= 0.6 is 11.6 Å². The van der Waals surface area contributed by atoms with E-state index in [1.54, 1.807) is 0 Å². The average Bonchev–Trinajstić information content (AvgIpc) is 2.01. The number of alkyl halides is 3. The Morgan fingerprint density at radius 1 is 1.36 bits per heavy atom. The summed E-state index contributed by atoms with van der Waals surface area (Å²) in [5, 5.41) is -0.0951. The summed E-state index contributed by atoms with van der Waals surface area (Å²) in [5.41, 5.74) is 3.08. The summed E-state index contributed by atoms with van der Waals surface area (Å²) < 4.78 is 37.0. The Balaban J connectivity index is 3.38. The highest BCUT2D eigenvalue weighted by Crippen LogP contribution is 2.33. The summed E-state index contributed by atoms with van der Waals surface area (Å²) in [4.78, 5) is 10.7. The molecule has 0 aromatic heterocycles. The molecule has 0 saturated heterocycles. The normalized spacial score (nSPS) is 11.4. The van der Waals surface area contributed by atoms with Crippen LogP contribution in [0.25, 0.3) is 0 Å². The van der Waals surface area contributed by atoms with E-state index in [0.29, 0.717) is 6.07 Å². The topological polar surface area (TPSA) is 43.1 Å². The molecule has 1 rings (SSSR count). The van der Waals surface area contributed by atoms with Gasteiger partial charge in [0.1, 0.15) is 0 Å². The molecule has 1 aromatic carbocycles. The highest BCUT2D eigenvalue weighted by molar-refractivity contribution is 6.30. The molecule has 0 aliphatic heterocycles. The van der Waals surface area contributed by atoms with Gasteiger partial charge in [-0.15, -0.1) is 0 Å². The summed E-state index contributed by atoms with van der Waals surface area (Å²) in [6.07, 6.45) is -4.63. The lowest BCUT2D eigenvalue weighted by Crippen LogP contribution is -2.18. The fourth-order valence-corrected chi connectivity index (χ4v) is 1.14. The molecule has 14 heavy (non-hydrogen) atoms. The molecule has 0 spiro atoms. The van der Waals surface area contributed by atoms with Gasteiger partial charge in [-0.3, -0.25) is 4.79 Å². The van der Waals surface area contributed by atoms with Crippen molar-refractivity contribution in [1.82, 2.24) is 0 Å². The van der Waals surface area contributed by atoms with E-state index in [2.05, 4.69) is 0 Å². The second-order valence-corrected chi connectivity index (χ2v) is 2.99. The van der Waals surface area contributed by atoms with Gasteiger partial charge in [0.25, 0.3) is 0 Å². The summed E-state index contributed by atoms with van der Waals surface area (Å²) in [6, 6.07) is 2.80. The highest BCUT2D eigenvalue weighted by atomic mass is 35.5. The van der Waals surface area contributed by atoms with Crippen LogP contribution in [0.4, 0.5) is 13.2 Å². The van der Waals surface area contributed by atoms with Gasteiger partial charge in [-0.1, -0.05) is 11.6 Å². The first kappa shape index (κ1) is 10.8. The number of nitrogens with two attached hydrogens (primary N) is 1. The molecule has 76 valence electrons. The van der Waals surface area contributed by atoms with E-state index in [4.69, 9.17) is 17.3 Å². The molecule has 0 unspecified atom stereocenters. The second-order valence-electron chi connectivity index (χ2n) is 2.55. The third kappa shape index (κ3) is 2.17. The van der Waals surface area contributed by atoms with Gasteiger partial charge in [0, 0.05) is 5.02 Å². The third-order valence-corrected chi connectivity index (χ3v) is 1.79. The predicted molar refractivity (Wildman–Crippen MR) is 45.0 cm³/mol.